The first-order valence-corrected chi connectivity index (χ1v) is 5.69. The summed E-state index contributed by atoms with van der Waals surface area (Å²) in [7, 11) is 3.45. The van der Waals surface area contributed by atoms with Crippen LogP contribution in [0.5, 0.6) is 5.75 Å². The van der Waals surface area contributed by atoms with Crippen molar-refractivity contribution in [3.05, 3.63) is 54.1 Å². The number of benzene rings is 2. The standard InChI is InChI=1S/C15H15NO2/c1-16(2)15(18)13-7-3-5-11(9-13)12-6-4-8-14(17)10-12/h3-10,17H,1-2H3. The topological polar surface area (TPSA) is 40.5 Å². The molecule has 0 saturated carbocycles. The second-order valence-electron chi connectivity index (χ2n) is 4.33. The van der Waals surface area contributed by atoms with Crippen LogP contribution in [0.25, 0.3) is 11.1 Å². The Labute approximate surface area is 106 Å². The maximum absolute atomic E-state index is 11.9. The van der Waals surface area contributed by atoms with Crippen LogP contribution < -0.4 is 0 Å². The second-order valence-corrected chi connectivity index (χ2v) is 4.33. The molecule has 0 aliphatic heterocycles. The third kappa shape index (κ3) is 2.51. The number of amides is 1. The normalized spacial score (nSPS) is 10.1. The fourth-order valence-corrected chi connectivity index (χ4v) is 1.78. The Kier molecular flexibility index (Phi) is 3.33. The minimum atomic E-state index is -0.0306. The molecule has 0 fully saturated rings. The van der Waals surface area contributed by atoms with Gasteiger partial charge in [-0.2, -0.15) is 0 Å². The maximum Gasteiger partial charge on any atom is 0.253 e. The van der Waals surface area contributed by atoms with Gasteiger partial charge in [0.15, 0.2) is 0 Å². The highest BCUT2D eigenvalue weighted by atomic mass is 16.3. The monoisotopic (exact) mass is 241 g/mol. The minimum absolute atomic E-state index is 0.0306. The minimum Gasteiger partial charge on any atom is -0.508 e. The molecule has 0 unspecified atom stereocenters. The van der Waals surface area contributed by atoms with Crippen LogP contribution >= 0.6 is 0 Å². The molecule has 0 atom stereocenters. The van der Waals surface area contributed by atoms with Gasteiger partial charge in [-0.3, -0.25) is 4.79 Å². The highest BCUT2D eigenvalue weighted by Crippen LogP contribution is 2.24. The van der Waals surface area contributed by atoms with Gasteiger partial charge < -0.3 is 10.0 Å². The zero-order valence-electron chi connectivity index (χ0n) is 10.4. The Morgan fingerprint density at radius 3 is 2.22 bits per heavy atom. The van der Waals surface area contributed by atoms with Gasteiger partial charge in [0.2, 0.25) is 0 Å². The van der Waals surface area contributed by atoms with Gasteiger partial charge >= 0.3 is 0 Å². The lowest BCUT2D eigenvalue weighted by molar-refractivity contribution is 0.0827. The summed E-state index contributed by atoms with van der Waals surface area (Å²) in [4.78, 5) is 13.4. The molecule has 3 heteroatoms. The molecule has 0 aliphatic rings. The number of rotatable bonds is 2. The molecule has 0 spiro atoms. The van der Waals surface area contributed by atoms with E-state index >= 15 is 0 Å². The van der Waals surface area contributed by atoms with Crippen LogP contribution in [0.3, 0.4) is 0 Å². The highest BCUT2D eigenvalue weighted by Gasteiger charge is 2.08. The summed E-state index contributed by atoms with van der Waals surface area (Å²) >= 11 is 0. The molecule has 0 aromatic heterocycles. The van der Waals surface area contributed by atoms with Crippen molar-refractivity contribution in [3.63, 3.8) is 0 Å². The molecule has 18 heavy (non-hydrogen) atoms. The number of aromatic hydroxyl groups is 1. The molecule has 1 N–H and O–H groups in total. The smallest absolute Gasteiger partial charge is 0.253 e. The van der Waals surface area contributed by atoms with Crippen molar-refractivity contribution >= 4 is 5.91 Å². The van der Waals surface area contributed by atoms with Gasteiger partial charge in [0.05, 0.1) is 0 Å². The zero-order chi connectivity index (χ0) is 13.1. The predicted octanol–water partition coefficient (Wildman–Crippen LogP) is 2.76. The van der Waals surface area contributed by atoms with E-state index in [4.69, 9.17) is 0 Å². The fraction of sp³-hybridized carbons (Fsp3) is 0.133. The van der Waals surface area contributed by atoms with E-state index in [9.17, 15) is 9.90 Å². The van der Waals surface area contributed by atoms with Gasteiger partial charge in [0.1, 0.15) is 5.75 Å². The molecular weight excluding hydrogens is 226 g/mol. The third-order valence-electron chi connectivity index (χ3n) is 2.70. The molecule has 2 aromatic carbocycles. The van der Waals surface area contributed by atoms with Crippen LogP contribution in [-0.4, -0.2) is 30.0 Å². The predicted molar refractivity (Wildman–Crippen MR) is 71.6 cm³/mol. The van der Waals surface area contributed by atoms with Crippen molar-refractivity contribution in [2.24, 2.45) is 0 Å². The maximum atomic E-state index is 11.9. The Morgan fingerprint density at radius 2 is 1.61 bits per heavy atom. The largest absolute Gasteiger partial charge is 0.508 e. The van der Waals surface area contributed by atoms with Crippen molar-refractivity contribution in [3.8, 4) is 16.9 Å². The van der Waals surface area contributed by atoms with Crippen LogP contribution in [0.2, 0.25) is 0 Å². The van der Waals surface area contributed by atoms with E-state index in [2.05, 4.69) is 0 Å². The Hall–Kier alpha value is -2.29. The van der Waals surface area contributed by atoms with Crippen LogP contribution in [0.15, 0.2) is 48.5 Å². The molecule has 0 saturated heterocycles. The number of phenolic OH excluding ortho intramolecular Hbond substituents is 1. The average molecular weight is 241 g/mol. The van der Waals surface area contributed by atoms with Crippen molar-refractivity contribution in [2.45, 2.75) is 0 Å². The van der Waals surface area contributed by atoms with E-state index < -0.39 is 0 Å². The van der Waals surface area contributed by atoms with Crippen LogP contribution in [0, 0.1) is 0 Å². The fourth-order valence-electron chi connectivity index (χ4n) is 1.78. The van der Waals surface area contributed by atoms with E-state index in [1.54, 1.807) is 43.3 Å². The van der Waals surface area contributed by atoms with Crippen molar-refractivity contribution in [1.29, 1.82) is 0 Å². The van der Waals surface area contributed by atoms with E-state index in [0.29, 0.717) is 5.56 Å². The molecule has 2 aromatic rings. The van der Waals surface area contributed by atoms with Gasteiger partial charge in [-0.25, -0.2) is 0 Å². The van der Waals surface area contributed by atoms with Crippen LogP contribution in [-0.2, 0) is 0 Å². The number of carbonyl (C=O) groups is 1. The lowest BCUT2D eigenvalue weighted by atomic mass is 10.0. The summed E-state index contributed by atoms with van der Waals surface area (Å²) in [6.45, 7) is 0. The zero-order valence-corrected chi connectivity index (χ0v) is 10.4. The van der Waals surface area contributed by atoms with Gasteiger partial charge in [0, 0.05) is 19.7 Å². The van der Waals surface area contributed by atoms with Gasteiger partial charge in [-0.15, -0.1) is 0 Å². The van der Waals surface area contributed by atoms with Gasteiger partial charge in [0.25, 0.3) is 5.91 Å². The second kappa shape index (κ2) is 4.92. The lowest BCUT2D eigenvalue weighted by Gasteiger charge is -2.11. The third-order valence-corrected chi connectivity index (χ3v) is 2.70. The first-order valence-electron chi connectivity index (χ1n) is 5.69. The van der Waals surface area contributed by atoms with Gasteiger partial charge in [-0.1, -0.05) is 24.3 Å². The van der Waals surface area contributed by atoms with E-state index in [-0.39, 0.29) is 11.7 Å². The SMILES string of the molecule is CN(C)C(=O)c1cccc(-c2cccc(O)c2)c1. The molecule has 0 bridgehead atoms. The Morgan fingerprint density at radius 1 is 1.00 bits per heavy atom. The first kappa shape index (κ1) is 12.2. The first-order chi connectivity index (χ1) is 8.58. The summed E-state index contributed by atoms with van der Waals surface area (Å²) in [6.07, 6.45) is 0. The average Bonchev–Trinajstić information content (AvgIpc) is 2.38. The molecule has 1 amide bonds. The highest BCUT2D eigenvalue weighted by molar-refractivity contribution is 5.95. The summed E-state index contributed by atoms with van der Waals surface area (Å²) in [5.41, 5.74) is 2.45. The van der Waals surface area contributed by atoms with Crippen molar-refractivity contribution in [2.75, 3.05) is 14.1 Å². The van der Waals surface area contributed by atoms with Gasteiger partial charge in [-0.05, 0) is 35.4 Å². The number of nitrogens with zero attached hydrogens (tertiary/aromatic N) is 1. The van der Waals surface area contributed by atoms with Crippen molar-refractivity contribution in [1.82, 2.24) is 4.90 Å². The summed E-state index contributed by atoms with van der Waals surface area (Å²) in [5, 5.41) is 9.47. The summed E-state index contributed by atoms with van der Waals surface area (Å²) < 4.78 is 0. The molecule has 0 aliphatic carbocycles. The van der Waals surface area contributed by atoms with Crippen LogP contribution in [0.4, 0.5) is 0 Å². The van der Waals surface area contributed by atoms with E-state index in [1.807, 2.05) is 24.3 Å². The Bertz CT molecular complexity index is 576. The molecule has 0 radical (unpaired) electrons. The molecule has 2 rings (SSSR count). The summed E-state index contributed by atoms with van der Waals surface area (Å²) in [6, 6.07) is 14.4. The molecule has 92 valence electrons. The number of hydrogen-bond acceptors (Lipinski definition) is 2. The molecule has 0 heterocycles. The van der Waals surface area contributed by atoms with Crippen molar-refractivity contribution < 1.29 is 9.90 Å². The van der Waals surface area contributed by atoms with E-state index in [0.717, 1.165) is 11.1 Å². The molecule has 3 nitrogen and oxygen atoms in total. The number of hydrogen-bond donors (Lipinski definition) is 1. The van der Waals surface area contributed by atoms with Crippen LogP contribution in [0.1, 0.15) is 10.4 Å². The Balaban J connectivity index is 2.42. The quantitative estimate of drug-likeness (QED) is 0.878. The lowest BCUT2D eigenvalue weighted by Crippen LogP contribution is -2.21. The molecular formula is C15H15NO2. The number of phenols is 1. The summed E-state index contributed by atoms with van der Waals surface area (Å²) in [5.74, 6) is 0.189. The number of carbonyl (C=O) groups excluding carboxylic acids is 1. The van der Waals surface area contributed by atoms with E-state index in [1.165, 1.54) is 0 Å².